The molecule has 0 aliphatic heterocycles. The van der Waals surface area contributed by atoms with E-state index in [0.29, 0.717) is 32.6 Å². The molecule has 4 aromatic rings. The molecule has 5 nitrogen and oxygen atoms in total. The van der Waals surface area contributed by atoms with Crippen LogP contribution in [0.2, 0.25) is 5.02 Å². The normalized spacial score (nSPS) is 10.7. The maximum atomic E-state index is 12.0. The van der Waals surface area contributed by atoms with Gasteiger partial charge in [-0.3, -0.25) is 10.1 Å². The fraction of sp³-hybridized carbons (Fsp3) is 0. The van der Waals surface area contributed by atoms with E-state index in [2.05, 4.69) is 15.6 Å². The number of carbonyl (C=O) groups is 1. The first-order chi connectivity index (χ1) is 13.1. The highest BCUT2D eigenvalue weighted by Crippen LogP contribution is 2.30. The van der Waals surface area contributed by atoms with Crippen molar-refractivity contribution in [2.45, 2.75) is 0 Å². The molecule has 0 spiro atoms. The van der Waals surface area contributed by atoms with Crippen LogP contribution in [0.1, 0.15) is 9.67 Å². The number of aromatic nitrogens is 1. The van der Waals surface area contributed by atoms with E-state index in [4.69, 9.17) is 28.2 Å². The Bertz CT molecular complexity index is 1140. The van der Waals surface area contributed by atoms with Crippen LogP contribution >= 0.6 is 35.2 Å². The Labute approximate surface area is 169 Å². The summed E-state index contributed by atoms with van der Waals surface area (Å²) in [4.78, 5) is 17.1. The lowest BCUT2D eigenvalue weighted by molar-refractivity contribution is 0.0981. The van der Waals surface area contributed by atoms with Crippen LogP contribution in [0, 0.1) is 0 Å². The van der Waals surface area contributed by atoms with Crippen LogP contribution in [-0.4, -0.2) is 16.0 Å². The topological polar surface area (TPSA) is 67.2 Å². The number of amides is 1. The second kappa shape index (κ2) is 7.48. The SMILES string of the molecule is O=C(NC(=S)Nc1ccc2oc(-c3ccccc3Cl)nc2c1)c1cccs1. The zero-order valence-electron chi connectivity index (χ0n) is 13.7. The predicted molar refractivity (Wildman–Crippen MR) is 112 cm³/mol. The number of benzene rings is 2. The Hall–Kier alpha value is -2.74. The average molecular weight is 414 g/mol. The highest BCUT2D eigenvalue weighted by molar-refractivity contribution is 7.80. The third-order valence-corrected chi connectivity index (χ3v) is 5.12. The number of thiophene rings is 1. The average Bonchev–Trinajstić information content (AvgIpc) is 3.31. The number of anilines is 1. The van der Waals surface area contributed by atoms with Crippen molar-refractivity contribution in [1.82, 2.24) is 10.3 Å². The van der Waals surface area contributed by atoms with Crippen LogP contribution in [0.15, 0.2) is 64.4 Å². The summed E-state index contributed by atoms with van der Waals surface area (Å²) in [6, 6.07) is 16.3. The van der Waals surface area contributed by atoms with Crippen molar-refractivity contribution in [1.29, 1.82) is 0 Å². The fourth-order valence-corrected chi connectivity index (χ4v) is 3.54. The van der Waals surface area contributed by atoms with Crippen LogP contribution in [0.3, 0.4) is 0 Å². The smallest absolute Gasteiger partial charge is 0.267 e. The number of rotatable bonds is 3. The van der Waals surface area contributed by atoms with Crippen molar-refractivity contribution in [2.24, 2.45) is 0 Å². The van der Waals surface area contributed by atoms with Crippen LogP contribution < -0.4 is 10.6 Å². The summed E-state index contributed by atoms with van der Waals surface area (Å²) >= 11 is 12.8. The van der Waals surface area contributed by atoms with Gasteiger partial charge in [-0.05, 0) is 54.0 Å². The first kappa shape index (κ1) is 17.7. The van der Waals surface area contributed by atoms with Gasteiger partial charge in [-0.25, -0.2) is 4.98 Å². The van der Waals surface area contributed by atoms with Gasteiger partial charge in [-0.1, -0.05) is 29.8 Å². The zero-order chi connectivity index (χ0) is 18.8. The Kier molecular flexibility index (Phi) is 4.89. The number of carbonyl (C=O) groups excluding carboxylic acids is 1. The van der Waals surface area contributed by atoms with Gasteiger partial charge in [0.15, 0.2) is 10.7 Å². The molecule has 27 heavy (non-hydrogen) atoms. The van der Waals surface area contributed by atoms with Gasteiger partial charge in [0.1, 0.15) is 5.52 Å². The predicted octanol–water partition coefficient (Wildman–Crippen LogP) is 5.34. The van der Waals surface area contributed by atoms with Gasteiger partial charge >= 0.3 is 0 Å². The van der Waals surface area contributed by atoms with E-state index < -0.39 is 0 Å². The van der Waals surface area contributed by atoms with Crippen LogP contribution in [-0.2, 0) is 0 Å². The van der Waals surface area contributed by atoms with E-state index in [1.54, 1.807) is 30.3 Å². The van der Waals surface area contributed by atoms with Gasteiger partial charge < -0.3 is 9.73 Å². The Morgan fingerprint density at radius 3 is 2.78 bits per heavy atom. The molecule has 0 radical (unpaired) electrons. The van der Waals surface area contributed by atoms with Crippen LogP contribution in [0.25, 0.3) is 22.6 Å². The van der Waals surface area contributed by atoms with Crippen molar-refractivity contribution in [3.8, 4) is 11.5 Å². The molecule has 8 heteroatoms. The van der Waals surface area contributed by atoms with Crippen molar-refractivity contribution < 1.29 is 9.21 Å². The van der Waals surface area contributed by atoms with Gasteiger partial charge in [0, 0.05) is 5.69 Å². The third kappa shape index (κ3) is 3.85. The lowest BCUT2D eigenvalue weighted by Gasteiger charge is -2.08. The van der Waals surface area contributed by atoms with Crippen molar-refractivity contribution in [3.63, 3.8) is 0 Å². The van der Waals surface area contributed by atoms with Crippen molar-refractivity contribution in [3.05, 3.63) is 69.9 Å². The molecule has 2 aromatic heterocycles. The van der Waals surface area contributed by atoms with Crippen LogP contribution in [0.5, 0.6) is 0 Å². The summed E-state index contributed by atoms with van der Waals surface area (Å²) in [5.74, 6) is 0.201. The molecule has 0 bridgehead atoms. The summed E-state index contributed by atoms with van der Waals surface area (Å²) in [6.45, 7) is 0. The van der Waals surface area contributed by atoms with E-state index in [9.17, 15) is 4.79 Å². The molecule has 0 saturated heterocycles. The lowest BCUT2D eigenvalue weighted by Crippen LogP contribution is -2.33. The second-order valence-electron chi connectivity index (χ2n) is 5.57. The zero-order valence-corrected chi connectivity index (χ0v) is 16.1. The molecule has 0 unspecified atom stereocenters. The number of oxazole rings is 1. The molecule has 4 rings (SSSR count). The number of nitrogens with one attached hydrogen (secondary N) is 2. The van der Waals surface area contributed by atoms with Gasteiger partial charge in [0.25, 0.3) is 5.91 Å². The van der Waals surface area contributed by atoms with E-state index >= 15 is 0 Å². The minimum atomic E-state index is -0.244. The first-order valence-electron chi connectivity index (χ1n) is 7.91. The molecule has 2 aromatic carbocycles. The number of fused-ring (bicyclic) bond motifs is 1. The highest BCUT2D eigenvalue weighted by Gasteiger charge is 2.13. The molecule has 0 aliphatic rings. The molecule has 0 aliphatic carbocycles. The molecule has 0 atom stereocenters. The largest absolute Gasteiger partial charge is 0.436 e. The van der Waals surface area contributed by atoms with Gasteiger partial charge in [0.2, 0.25) is 5.89 Å². The number of nitrogens with zero attached hydrogens (tertiary/aromatic N) is 1. The summed E-state index contributed by atoms with van der Waals surface area (Å²) in [6.07, 6.45) is 0. The Morgan fingerprint density at radius 2 is 2.00 bits per heavy atom. The van der Waals surface area contributed by atoms with E-state index in [1.165, 1.54) is 11.3 Å². The maximum Gasteiger partial charge on any atom is 0.267 e. The number of hydrogen-bond donors (Lipinski definition) is 2. The molecule has 0 saturated carbocycles. The minimum Gasteiger partial charge on any atom is -0.436 e. The van der Waals surface area contributed by atoms with E-state index in [-0.39, 0.29) is 11.0 Å². The summed E-state index contributed by atoms with van der Waals surface area (Å²) in [5.41, 5.74) is 2.70. The van der Waals surface area contributed by atoms with Crippen molar-refractivity contribution in [2.75, 3.05) is 5.32 Å². The molecule has 2 N–H and O–H groups in total. The Balaban J connectivity index is 1.52. The summed E-state index contributed by atoms with van der Waals surface area (Å²) in [7, 11) is 0. The first-order valence-corrected chi connectivity index (χ1v) is 9.58. The number of halogens is 1. The summed E-state index contributed by atoms with van der Waals surface area (Å²) < 4.78 is 5.78. The standard InChI is InChI=1S/C19H12ClN3O2S2/c20-13-5-2-1-4-12(13)18-22-14-10-11(7-8-15(14)25-18)21-19(26)23-17(24)16-6-3-9-27-16/h1-10H,(H2,21,23,24,26). The number of hydrogen-bond acceptors (Lipinski definition) is 5. The maximum absolute atomic E-state index is 12.0. The third-order valence-electron chi connectivity index (χ3n) is 3.72. The molecule has 134 valence electrons. The highest BCUT2D eigenvalue weighted by atomic mass is 35.5. The molecule has 0 fully saturated rings. The van der Waals surface area contributed by atoms with Crippen LogP contribution in [0.4, 0.5) is 5.69 Å². The van der Waals surface area contributed by atoms with Gasteiger partial charge in [0.05, 0.1) is 15.5 Å². The molecular formula is C19H12ClN3O2S2. The van der Waals surface area contributed by atoms with Gasteiger partial charge in [-0.2, -0.15) is 0 Å². The summed E-state index contributed by atoms with van der Waals surface area (Å²) in [5, 5.41) is 8.25. The van der Waals surface area contributed by atoms with Gasteiger partial charge in [-0.15, -0.1) is 11.3 Å². The quantitative estimate of drug-likeness (QED) is 0.444. The monoisotopic (exact) mass is 413 g/mol. The number of thiocarbonyl (C=S) groups is 1. The molecule has 1 amide bonds. The Morgan fingerprint density at radius 1 is 1.15 bits per heavy atom. The van der Waals surface area contributed by atoms with E-state index in [1.807, 2.05) is 29.6 Å². The van der Waals surface area contributed by atoms with E-state index in [0.717, 1.165) is 5.56 Å². The molecular weight excluding hydrogens is 402 g/mol. The van der Waals surface area contributed by atoms with Crippen molar-refractivity contribution >= 4 is 63.0 Å². The molecule has 2 heterocycles. The lowest BCUT2D eigenvalue weighted by atomic mass is 10.2. The second-order valence-corrected chi connectivity index (χ2v) is 7.33. The minimum absolute atomic E-state index is 0.211. The fourth-order valence-electron chi connectivity index (χ4n) is 2.49.